The first-order valence-electron chi connectivity index (χ1n) is 20.6. The number of benzene rings is 4. The van der Waals surface area contributed by atoms with Crippen LogP contribution in [-0.4, -0.2) is 64.6 Å². The van der Waals surface area contributed by atoms with Crippen molar-refractivity contribution in [3.05, 3.63) is 168 Å². The minimum atomic E-state index is -1.14. The number of hydrogen-bond donors (Lipinski definition) is 2. The molecule has 63 heavy (non-hydrogen) atoms. The number of rotatable bonds is 16. The van der Waals surface area contributed by atoms with Gasteiger partial charge in [-0.05, 0) is 85.8 Å². The number of imide groups is 2. The number of amides is 6. The molecule has 2 N–H and O–H groups in total. The van der Waals surface area contributed by atoms with Gasteiger partial charge in [0.25, 0.3) is 17.7 Å². The smallest absolute Gasteiger partial charge is 0.294 e. The molecule has 6 amide bonds. The fourth-order valence-electron chi connectivity index (χ4n) is 7.82. The van der Waals surface area contributed by atoms with E-state index in [0.29, 0.717) is 42.0 Å². The van der Waals surface area contributed by atoms with Gasteiger partial charge in [0, 0.05) is 35.6 Å². The molecule has 14 heteroatoms. The monoisotopic (exact) mass is 845 g/mol. The molecule has 0 bridgehead atoms. The Morgan fingerprint density at radius 2 is 1.52 bits per heavy atom. The van der Waals surface area contributed by atoms with Crippen LogP contribution in [0.4, 0.5) is 5.69 Å². The first-order chi connectivity index (χ1) is 30.7. The van der Waals surface area contributed by atoms with Gasteiger partial charge in [-0.25, -0.2) is 0 Å². The predicted octanol–water partition coefficient (Wildman–Crippen LogP) is 7.25. The molecule has 318 valence electrons. The second kappa shape index (κ2) is 18.8. The van der Waals surface area contributed by atoms with Crippen molar-refractivity contribution in [2.75, 3.05) is 18.1 Å². The fourth-order valence-corrected chi connectivity index (χ4v) is 7.82. The second-order valence-electron chi connectivity index (χ2n) is 15.1. The van der Waals surface area contributed by atoms with Crippen molar-refractivity contribution < 1.29 is 42.7 Å². The Kier molecular flexibility index (Phi) is 12.5. The summed E-state index contributed by atoms with van der Waals surface area (Å²) in [6.45, 7) is 2.36. The summed E-state index contributed by atoms with van der Waals surface area (Å²) in [7, 11) is 0. The number of ether oxygens (including phenoxy) is 2. The molecule has 3 atom stereocenters. The van der Waals surface area contributed by atoms with E-state index in [1.807, 2.05) is 85.8 Å². The van der Waals surface area contributed by atoms with Crippen molar-refractivity contribution in [1.82, 2.24) is 20.5 Å². The van der Waals surface area contributed by atoms with E-state index in [0.717, 1.165) is 16.0 Å². The van der Waals surface area contributed by atoms with Crippen LogP contribution in [0.2, 0.25) is 0 Å². The number of nitrogens with zero attached hydrogens (tertiary/aromatic N) is 3. The second-order valence-corrected chi connectivity index (χ2v) is 15.1. The third-order valence-corrected chi connectivity index (χ3v) is 10.9. The molecule has 2 aliphatic rings. The number of piperidine rings is 1. The number of pyridine rings is 1. The lowest BCUT2D eigenvalue weighted by molar-refractivity contribution is -0.136. The van der Waals surface area contributed by atoms with Gasteiger partial charge in [0.2, 0.25) is 17.7 Å². The van der Waals surface area contributed by atoms with E-state index >= 15 is 0 Å². The number of carbonyl (C=O) groups is 6. The molecule has 0 saturated carbocycles. The third kappa shape index (κ3) is 8.96. The molecule has 0 aliphatic carbocycles. The van der Waals surface area contributed by atoms with Crippen LogP contribution in [0.25, 0.3) is 11.1 Å². The zero-order chi connectivity index (χ0) is 43.9. The first kappa shape index (κ1) is 41.8. The summed E-state index contributed by atoms with van der Waals surface area (Å²) >= 11 is 0. The maximum atomic E-state index is 14.6. The molecule has 4 heterocycles. The normalized spacial score (nSPS) is 15.6. The molecule has 0 spiro atoms. The summed E-state index contributed by atoms with van der Waals surface area (Å²) in [4.78, 5) is 86.3. The van der Waals surface area contributed by atoms with Crippen molar-refractivity contribution >= 4 is 41.1 Å². The molecular formula is C49H43N5O9. The minimum absolute atomic E-state index is 0.0273. The third-order valence-electron chi connectivity index (χ3n) is 10.9. The Balaban J connectivity index is 0.929. The Morgan fingerprint density at radius 1 is 0.810 bits per heavy atom. The van der Waals surface area contributed by atoms with E-state index < -0.39 is 53.6 Å². The van der Waals surface area contributed by atoms with Crippen LogP contribution in [0, 0.1) is 0 Å². The van der Waals surface area contributed by atoms with E-state index in [1.54, 1.807) is 48.8 Å². The Labute approximate surface area is 362 Å². The molecule has 1 fully saturated rings. The summed E-state index contributed by atoms with van der Waals surface area (Å²) in [6, 6.07) is 33.3. The quantitative estimate of drug-likeness (QED) is 0.0746. The van der Waals surface area contributed by atoms with Crippen LogP contribution in [0.15, 0.2) is 144 Å². The van der Waals surface area contributed by atoms with Gasteiger partial charge >= 0.3 is 0 Å². The number of para-hydroxylation sites is 1. The van der Waals surface area contributed by atoms with Gasteiger partial charge in [-0.3, -0.25) is 48.9 Å². The zero-order valence-corrected chi connectivity index (χ0v) is 34.3. The highest BCUT2D eigenvalue weighted by atomic mass is 16.5. The number of aromatic nitrogens is 1. The topological polar surface area (TPSA) is 177 Å². The van der Waals surface area contributed by atoms with Crippen molar-refractivity contribution in [2.24, 2.45) is 0 Å². The van der Waals surface area contributed by atoms with E-state index in [4.69, 9.17) is 13.9 Å². The lowest BCUT2D eigenvalue weighted by Crippen LogP contribution is -2.54. The summed E-state index contributed by atoms with van der Waals surface area (Å²) in [5, 5.41) is 5.33. The number of carbonyl (C=O) groups excluding carboxylic acids is 6. The minimum Gasteiger partial charge on any atom is -0.493 e. The van der Waals surface area contributed by atoms with Gasteiger partial charge in [-0.1, -0.05) is 72.8 Å². The maximum absolute atomic E-state index is 14.6. The number of anilines is 1. The number of nitrogens with one attached hydrogen (secondary N) is 2. The maximum Gasteiger partial charge on any atom is 0.294 e. The molecular weight excluding hydrogens is 803 g/mol. The average Bonchev–Trinajstić information content (AvgIpc) is 3.94. The summed E-state index contributed by atoms with van der Waals surface area (Å²) in [5.74, 6) is -2.48. The predicted molar refractivity (Wildman–Crippen MR) is 231 cm³/mol. The van der Waals surface area contributed by atoms with Gasteiger partial charge in [0.05, 0.1) is 36.6 Å². The molecule has 8 rings (SSSR count). The summed E-state index contributed by atoms with van der Waals surface area (Å²) in [6.07, 6.45) is 5.77. The number of fused-ring (bicyclic) bond motifs is 1. The van der Waals surface area contributed by atoms with Crippen LogP contribution in [0.1, 0.15) is 87.1 Å². The van der Waals surface area contributed by atoms with E-state index in [-0.39, 0.29) is 42.1 Å². The Bertz CT molecular complexity index is 2640. The zero-order valence-electron chi connectivity index (χ0n) is 34.3. The highest BCUT2D eigenvalue weighted by molar-refractivity contribution is 6.24. The van der Waals surface area contributed by atoms with Crippen molar-refractivity contribution in [3.63, 3.8) is 0 Å². The number of unbranched alkanes of at least 4 members (excludes halogenated alkanes) is 1. The van der Waals surface area contributed by atoms with Crippen molar-refractivity contribution in [2.45, 2.75) is 50.7 Å². The van der Waals surface area contributed by atoms with Gasteiger partial charge in [0.15, 0.2) is 5.76 Å². The van der Waals surface area contributed by atoms with E-state index in [2.05, 4.69) is 15.6 Å². The lowest BCUT2D eigenvalue weighted by atomic mass is 10.0. The van der Waals surface area contributed by atoms with Crippen LogP contribution in [-0.2, 0) is 14.4 Å². The van der Waals surface area contributed by atoms with Crippen molar-refractivity contribution in [1.29, 1.82) is 0 Å². The molecule has 14 nitrogen and oxygen atoms in total. The Morgan fingerprint density at radius 3 is 2.24 bits per heavy atom. The Hall–Kier alpha value is -7.87. The van der Waals surface area contributed by atoms with E-state index in [9.17, 15) is 28.8 Å². The SMILES string of the molecule is C[C@H](NC(=O)C(c1cccnc1)N(C(=O)c1ccco1)c1ccc(-c2ccccc2)cc1)c1ccccc1OCCCCOc1cccc2c1C(=O)N(C1CCC(=O)NC1=O)C2=O. The average molecular weight is 846 g/mol. The highest BCUT2D eigenvalue weighted by Gasteiger charge is 2.46. The van der Waals surface area contributed by atoms with Gasteiger partial charge in [-0.15, -0.1) is 0 Å². The van der Waals surface area contributed by atoms with Crippen LogP contribution in [0.5, 0.6) is 11.5 Å². The number of hydrogen-bond acceptors (Lipinski definition) is 10. The molecule has 2 unspecified atom stereocenters. The molecule has 1 saturated heterocycles. The molecule has 4 aromatic carbocycles. The van der Waals surface area contributed by atoms with Crippen LogP contribution < -0.4 is 25.0 Å². The van der Waals surface area contributed by atoms with Gasteiger partial charge < -0.3 is 19.2 Å². The molecule has 2 aromatic heterocycles. The summed E-state index contributed by atoms with van der Waals surface area (Å²) in [5.41, 5.74) is 3.87. The molecule has 6 aromatic rings. The molecule has 0 radical (unpaired) electrons. The summed E-state index contributed by atoms with van der Waals surface area (Å²) < 4.78 is 17.8. The van der Waals surface area contributed by atoms with Gasteiger partial charge in [0.1, 0.15) is 23.6 Å². The van der Waals surface area contributed by atoms with Crippen molar-refractivity contribution in [3.8, 4) is 22.6 Å². The number of furan rings is 1. The van der Waals surface area contributed by atoms with Gasteiger partial charge in [-0.2, -0.15) is 0 Å². The van der Waals surface area contributed by atoms with Crippen LogP contribution >= 0.6 is 0 Å². The van der Waals surface area contributed by atoms with Crippen LogP contribution in [0.3, 0.4) is 0 Å². The van der Waals surface area contributed by atoms with E-state index in [1.165, 1.54) is 17.2 Å². The highest BCUT2D eigenvalue weighted by Crippen LogP contribution is 2.35. The molecule has 2 aliphatic heterocycles. The standard InChI is InChI=1S/C49H43N5O9/c1-31(51-46(57)44(34-14-10-26-50-30-34)53(48(59)41-19-11-29-63-41)35-22-20-33(21-23-35)32-12-3-2-4-13-32)36-15-5-6-17-39(36)61-27-7-8-28-62-40-18-9-16-37-43(40)49(60)54(47(37)58)38-24-25-42(55)52-45(38)56/h2-6,9-23,26,29-31,38,44H,7-8,24-25,27-28H2,1H3,(H,51,57)(H,52,55,56)/t31-,38?,44?/m0/s1. The fraction of sp³-hybridized carbons (Fsp3) is 0.204. The lowest BCUT2D eigenvalue weighted by Gasteiger charge is -2.32. The largest absolute Gasteiger partial charge is 0.493 e. The first-order valence-corrected chi connectivity index (χ1v) is 20.6.